The number of benzene rings is 2. The summed E-state index contributed by atoms with van der Waals surface area (Å²) < 4.78 is 18.1. The van der Waals surface area contributed by atoms with E-state index < -0.39 is 12.0 Å². The van der Waals surface area contributed by atoms with Gasteiger partial charge in [0.05, 0.1) is 18.2 Å². The van der Waals surface area contributed by atoms with Crippen molar-refractivity contribution in [2.24, 2.45) is 0 Å². The van der Waals surface area contributed by atoms with Gasteiger partial charge in [0, 0.05) is 5.69 Å². The van der Waals surface area contributed by atoms with Gasteiger partial charge in [-0.2, -0.15) is 0 Å². The van der Waals surface area contributed by atoms with E-state index in [1.54, 1.807) is 19.1 Å². The van der Waals surface area contributed by atoms with E-state index in [0.717, 1.165) is 11.3 Å². The molecule has 0 aromatic heterocycles. The summed E-state index contributed by atoms with van der Waals surface area (Å²) in [7, 11) is 0. The van der Waals surface area contributed by atoms with Crippen molar-refractivity contribution in [1.29, 1.82) is 0 Å². The highest BCUT2D eigenvalue weighted by Crippen LogP contribution is 2.26. The second-order valence-electron chi connectivity index (χ2n) is 4.74. The first-order valence-electron chi connectivity index (χ1n) is 7.04. The predicted octanol–water partition coefficient (Wildman–Crippen LogP) is 4.10. The molecule has 0 saturated carbocycles. The van der Waals surface area contributed by atoms with Crippen LogP contribution in [-0.4, -0.2) is 12.6 Å². The van der Waals surface area contributed by atoms with Crippen molar-refractivity contribution in [1.82, 2.24) is 0 Å². The Morgan fingerprint density at radius 2 is 1.82 bits per heavy atom. The van der Waals surface area contributed by atoms with Crippen molar-refractivity contribution in [2.45, 2.75) is 13.0 Å². The number of hydrogen-bond acceptors (Lipinski definition) is 3. The Balaban J connectivity index is 2.29. The van der Waals surface area contributed by atoms with Gasteiger partial charge in [-0.1, -0.05) is 36.9 Å². The van der Waals surface area contributed by atoms with Crippen LogP contribution in [0.5, 0.6) is 0 Å². The van der Waals surface area contributed by atoms with E-state index in [9.17, 15) is 9.18 Å². The molecule has 2 rings (SSSR count). The van der Waals surface area contributed by atoms with Crippen LogP contribution in [0.3, 0.4) is 0 Å². The first-order valence-corrected chi connectivity index (χ1v) is 7.04. The highest BCUT2D eigenvalue weighted by molar-refractivity contribution is 5.90. The van der Waals surface area contributed by atoms with Gasteiger partial charge in [-0.05, 0) is 36.8 Å². The van der Waals surface area contributed by atoms with Gasteiger partial charge in [-0.25, -0.2) is 9.18 Å². The lowest BCUT2D eigenvalue weighted by Gasteiger charge is -2.21. The molecule has 0 aliphatic carbocycles. The van der Waals surface area contributed by atoms with Gasteiger partial charge in [0.25, 0.3) is 0 Å². The number of esters is 1. The van der Waals surface area contributed by atoms with Crippen LogP contribution < -0.4 is 5.32 Å². The summed E-state index contributed by atoms with van der Waals surface area (Å²) in [6.45, 7) is 5.85. The molecule has 114 valence electrons. The van der Waals surface area contributed by atoms with E-state index in [1.165, 1.54) is 12.1 Å². The van der Waals surface area contributed by atoms with E-state index in [4.69, 9.17) is 4.74 Å². The molecule has 0 aliphatic heterocycles. The Kier molecular flexibility index (Phi) is 5.31. The largest absolute Gasteiger partial charge is 0.463 e. The molecule has 0 aliphatic rings. The van der Waals surface area contributed by atoms with Crippen molar-refractivity contribution in [3.8, 4) is 0 Å². The molecule has 3 nitrogen and oxygen atoms in total. The summed E-state index contributed by atoms with van der Waals surface area (Å²) in [5, 5.41) is 3.23. The van der Waals surface area contributed by atoms with Gasteiger partial charge in [-0.15, -0.1) is 0 Å². The minimum Gasteiger partial charge on any atom is -0.463 e. The van der Waals surface area contributed by atoms with Crippen LogP contribution in [0.1, 0.15) is 18.5 Å². The van der Waals surface area contributed by atoms with Gasteiger partial charge in [-0.3, -0.25) is 0 Å². The Hall–Kier alpha value is -2.62. The first kappa shape index (κ1) is 15.8. The van der Waals surface area contributed by atoms with E-state index in [-0.39, 0.29) is 18.0 Å². The third kappa shape index (κ3) is 3.95. The molecule has 0 amide bonds. The smallest absolute Gasteiger partial charge is 0.335 e. The summed E-state index contributed by atoms with van der Waals surface area (Å²) in [5.74, 6) is -0.802. The average Bonchev–Trinajstić information content (AvgIpc) is 2.54. The van der Waals surface area contributed by atoms with Crippen molar-refractivity contribution in [3.05, 3.63) is 78.1 Å². The maximum absolute atomic E-state index is 13.1. The SMILES string of the molecule is C=C(C(=O)OCC)C(Nc1ccccc1)c1ccc(F)cc1. The van der Waals surface area contributed by atoms with Crippen LogP contribution in [0.4, 0.5) is 10.1 Å². The van der Waals surface area contributed by atoms with Crippen LogP contribution in [0.15, 0.2) is 66.7 Å². The molecule has 4 heteroatoms. The molecule has 1 atom stereocenters. The molecule has 0 radical (unpaired) electrons. The summed E-state index contributed by atoms with van der Waals surface area (Å²) in [6.07, 6.45) is 0. The topological polar surface area (TPSA) is 38.3 Å². The zero-order chi connectivity index (χ0) is 15.9. The number of hydrogen-bond donors (Lipinski definition) is 1. The monoisotopic (exact) mass is 299 g/mol. The third-order valence-electron chi connectivity index (χ3n) is 3.17. The number of rotatable bonds is 6. The quantitative estimate of drug-likeness (QED) is 0.644. The van der Waals surface area contributed by atoms with Gasteiger partial charge in [0.15, 0.2) is 0 Å². The molecule has 0 spiro atoms. The second-order valence-corrected chi connectivity index (χ2v) is 4.74. The van der Waals surface area contributed by atoms with Gasteiger partial charge in [0.2, 0.25) is 0 Å². The Labute approximate surface area is 129 Å². The van der Waals surface area contributed by atoms with Gasteiger partial charge < -0.3 is 10.1 Å². The average molecular weight is 299 g/mol. The second kappa shape index (κ2) is 7.41. The van der Waals surface area contributed by atoms with E-state index >= 15 is 0 Å². The predicted molar refractivity (Wildman–Crippen MR) is 85.0 cm³/mol. The Morgan fingerprint density at radius 3 is 2.41 bits per heavy atom. The van der Waals surface area contributed by atoms with Crippen molar-refractivity contribution < 1.29 is 13.9 Å². The molecule has 0 saturated heterocycles. The van der Waals surface area contributed by atoms with Crippen molar-refractivity contribution in [3.63, 3.8) is 0 Å². The molecule has 0 fully saturated rings. The minimum absolute atomic E-state index is 0.275. The summed E-state index contributed by atoms with van der Waals surface area (Å²) in [4.78, 5) is 12.0. The first-order chi connectivity index (χ1) is 10.6. The number of nitrogens with one attached hydrogen (secondary N) is 1. The minimum atomic E-state index is -0.484. The molecular formula is C18H18FNO2. The highest BCUT2D eigenvalue weighted by atomic mass is 19.1. The fraction of sp³-hybridized carbons (Fsp3) is 0.167. The lowest BCUT2D eigenvalue weighted by Crippen LogP contribution is -2.20. The fourth-order valence-corrected chi connectivity index (χ4v) is 2.07. The third-order valence-corrected chi connectivity index (χ3v) is 3.17. The van der Waals surface area contributed by atoms with E-state index in [0.29, 0.717) is 0 Å². The summed E-state index contributed by atoms with van der Waals surface area (Å²) in [6, 6.07) is 14.9. The molecule has 22 heavy (non-hydrogen) atoms. The normalized spacial score (nSPS) is 11.5. The molecule has 0 heterocycles. The van der Waals surface area contributed by atoms with Crippen LogP contribution in [0, 0.1) is 5.82 Å². The van der Waals surface area contributed by atoms with Crippen molar-refractivity contribution >= 4 is 11.7 Å². The maximum Gasteiger partial charge on any atom is 0.335 e. The Bertz CT molecular complexity index is 638. The number of carbonyl (C=O) groups is 1. The molecule has 2 aromatic rings. The highest BCUT2D eigenvalue weighted by Gasteiger charge is 2.22. The number of carbonyl (C=O) groups excluding carboxylic acids is 1. The summed E-state index contributed by atoms with van der Waals surface area (Å²) in [5.41, 5.74) is 1.85. The molecular weight excluding hydrogens is 281 g/mol. The lowest BCUT2D eigenvalue weighted by atomic mass is 9.99. The fourth-order valence-electron chi connectivity index (χ4n) is 2.07. The standard InChI is InChI=1S/C18H18FNO2/c1-3-22-18(21)13(2)17(14-9-11-15(19)12-10-14)20-16-7-5-4-6-8-16/h4-12,17,20H,2-3H2,1H3. The zero-order valence-corrected chi connectivity index (χ0v) is 12.4. The van der Waals surface area contributed by atoms with Crippen LogP contribution in [0.2, 0.25) is 0 Å². The number of anilines is 1. The van der Waals surface area contributed by atoms with Crippen molar-refractivity contribution in [2.75, 3.05) is 11.9 Å². The lowest BCUT2D eigenvalue weighted by molar-refractivity contribution is -0.138. The number of halogens is 1. The van der Waals surface area contributed by atoms with E-state index in [2.05, 4.69) is 11.9 Å². The maximum atomic E-state index is 13.1. The van der Waals surface area contributed by atoms with Gasteiger partial charge in [0.1, 0.15) is 5.82 Å². The number of para-hydroxylation sites is 1. The summed E-state index contributed by atoms with van der Waals surface area (Å²) >= 11 is 0. The van der Waals surface area contributed by atoms with Crippen LogP contribution in [0.25, 0.3) is 0 Å². The molecule has 1 unspecified atom stereocenters. The van der Waals surface area contributed by atoms with E-state index in [1.807, 2.05) is 30.3 Å². The molecule has 1 N–H and O–H groups in total. The molecule has 0 bridgehead atoms. The Morgan fingerprint density at radius 1 is 1.18 bits per heavy atom. The number of ether oxygens (including phenoxy) is 1. The van der Waals surface area contributed by atoms with Gasteiger partial charge >= 0.3 is 5.97 Å². The zero-order valence-electron chi connectivity index (χ0n) is 12.4. The van der Waals surface area contributed by atoms with Crippen LogP contribution in [-0.2, 0) is 9.53 Å². The van der Waals surface area contributed by atoms with Crippen LogP contribution >= 0.6 is 0 Å². The molecule has 2 aromatic carbocycles.